The Kier molecular flexibility index (Phi) is 5.72. The van der Waals surface area contributed by atoms with Crippen LogP contribution in [0.1, 0.15) is 39.2 Å². The van der Waals surface area contributed by atoms with Crippen molar-refractivity contribution in [2.45, 2.75) is 30.8 Å². The number of thioether (sulfide) groups is 1. The first kappa shape index (κ1) is 20.7. The molecule has 1 heterocycles. The molecule has 28 heavy (non-hydrogen) atoms. The van der Waals surface area contributed by atoms with Crippen molar-refractivity contribution in [1.29, 1.82) is 0 Å². The van der Waals surface area contributed by atoms with Crippen molar-refractivity contribution >= 4 is 34.4 Å². The highest BCUT2D eigenvalue weighted by molar-refractivity contribution is 8.14. The van der Waals surface area contributed by atoms with E-state index >= 15 is 0 Å². The molecule has 3 rings (SSSR count). The number of alkyl halides is 3. The Morgan fingerprint density at radius 3 is 2.57 bits per heavy atom. The Morgan fingerprint density at radius 1 is 1.25 bits per heavy atom. The molecule has 148 valence electrons. The summed E-state index contributed by atoms with van der Waals surface area (Å²) >= 11 is 7.37. The van der Waals surface area contributed by atoms with Gasteiger partial charge in [0.15, 0.2) is 0 Å². The molecule has 9 heteroatoms. The fourth-order valence-electron chi connectivity index (χ4n) is 2.98. The molecule has 0 spiro atoms. The summed E-state index contributed by atoms with van der Waals surface area (Å²) in [4.78, 5) is 15.5. The number of nitrogens with zero attached hydrogens (tertiary/aromatic N) is 1. The van der Waals surface area contributed by atoms with Crippen LogP contribution in [0.2, 0.25) is 5.02 Å². The van der Waals surface area contributed by atoms with Crippen molar-refractivity contribution in [3.8, 4) is 0 Å². The molecular formula is C19H14ClF4NO2S. The number of halogens is 5. The average molecular weight is 432 g/mol. The van der Waals surface area contributed by atoms with E-state index in [-0.39, 0.29) is 33.9 Å². The third kappa shape index (κ3) is 4.50. The van der Waals surface area contributed by atoms with Gasteiger partial charge < -0.3 is 5.11 Å². The normalized spacial score (nSPS) is 19.6. The molecule has 2 aromatic rings. The monoisotopic (exact) mass is 431 g/mol. The topological polar surface area (TPSA) is 49.7 Å². The van der Waals surface area contributed by atoms with E-state index in [1.165, 1.54) is 17.8 Å². The number of aliphatic imine (C=N–C) groups is 1. The second-order valence-corrected chi connectivity index (χ2v) is 7.99. The highest BCUT2D eigenvalue weighted by atomic mass is 35.5. The van der Waals surface area contributed by atoms with Gasteiger partial charge in [0.2, 0.25) is 0 Å². The van der Waals surface area contributed by atoms with Gasteiger partial charge in [0, 0.05) is 6.42 Å². The van der Waals surface area contributed by atoms with Gasteiger partial charge in [-0.05, 0) is 48.4 Å². The van der Waals surface area contributed by atoms with Crippen molar-refractivity contribution < 1.29 is 27.5 Å². The van der Waals surface area contributed by atoms with E-state index in [1.807, 2.05) is 6.92 Å². The van der Waals surface area contributed by atoms with Gasteiger partial charge in [0.25, 0.3) is 0 Å². The highest BCUT2D eigenvalue weighted by Crippen LogP contribution is 2.42. The SMILES string of the molecule is CC1N=C(Cc2cc(F)cc(C(F)(F)F)c2)SC1c1ccc(C(=O)O)c(Cl)c1. The van der Waals surface area contributed by atoms with E-state index in [0.29, 0.717) is 11.1 Å². The Labute approximate surface area is 167 Å². The van der Waals surface area contributed by atoms with E-state index in [4.69, 9.17) is 16.7 Å². The second kappa shape index (κ2) is 7.75. The summed E-state index contributed by atoms with van der Waals surface area (Å²) in [6, 6.07) is 6.87. The fraction of sp³-hybridized carbons (Fsp3) is 0.263. The fourth-order valence-corrected chi connectivity index (χ4v) is 4.56. The minimum absolute atomic E-state index is 0.0124. The van der Waals surface area contributed by atoms with Crippen LogP contribution in [0, 0.1) is 5.82 Å². The maximum absolute atomic E-state index is 13.6. The number of hydrogen-bond donors (Lipinski definition) is 1. The Morgan fingerprint density at radius 2 is 1.96 bits per heavy atom. The van der Waals surface area contributed by atoms with Crippen LogP contribution in [0.4, 0.5) is 17.6 Å². The van der Waals surface area contributed by atoms with Gasteiger partial charge in [0.1, 0.15) is 5.82 Å². The lowest BCUT2D eigenvalue weighted by atomic mass is 10.0. The molecule has 0 saturated heterocycles. The number of hydrogen-bond acceptors (Lipinski definition) is 3. The zero-order chi connectivity index (χ0) is 20.6. The predicted octanol–water partition coefficient (Wildman–Crippen LogP) is 6.01. The van der Waals surface area contributed by atoms with E-state index in [0.717, 1.165) is 17.7 Å². The molecule has 0 fully saturated rings. The molecular weight excluding hydrogens is 418 g/mol. The third-order valence-corrected chi connectivity index (χ3v) is 6.00. The first-order valence-corrected chi connectivity index (χ1v) is 9.43. The molecule has 3 nitrogen and oxygen atoms in total. The second-order valence-electron chi connectivity index (χ2n) is 6.37. The summed E-state index contributed by atoms with van der Waals surface area (Å²) < 4.78 is 52.2. The molecule has 0 saturated carbocycles. The van der Waals surface area contributed by atoms with E-state index in [2.05, 4.69) is 4.99 Å². The van der Waals surface area contributed by atoms with Crippen LogP contribution in [-0.4, -0.2) is 22.2 Å². The summed E-state index contributed by atoms with van der Waals surface area (Å²) in [5.74, 6) is -2.08. The number of aromatic carboxylic acids is 1. The summed E-state index contributed by atoms with van der Waals surface area (Å²) in [7, 11) is 0. The number of carbonyl (C=O) groups is 1. The van der Waals surface area contributed by atoms with Crippen molar-refractivity contribution in [3.63, 3.8) is 0 Å². The maximum atomic E-state index is 13.6. The van der Waals surface area contributed by atoms with E-state index in [1.54, 1.807) is 12.1 Å². The van der Waals surface area contributed by atoms with Crippen molar-refractivity contribution in [2.24, 2.45) is 4.99 Å². The molecule has 1 aliphatic heterocycles. The smallest absolute Gasteiger partial charge is 0.416 e. The van der Waals surface area contributed by atoms with Gasteiger partial charge in [0.05, 0.1) is 32.5 Å². The number of carboxylic acids is 1. The van der Waals surface area contributed by atoms with Gasteiger partial charge in [-0.25, -0.2) is 9.18 Å². The van der Waals surface area contributed by atoms with Crippen LogP contribution in [0.3, 0.4) is 0 Å². The Hall–Kier alpha value is -2.06. The average Bonchev–Trinajstić information content (AvgIpc) is 2.93. The van der Waals surface area contributed by atoms with E-state index in [9.17, 15) is 22.4 Å². The first-order chi connectivity index (χ1) is 13.0. The lowest BCUT2D eigenvalue weighted by Crippen LogP contribution is -2.07. The van der Waals surface area contributed by atoms with Gasteiger partial charge in [-0.3, -0.25) is 4.99 Å². The van der Waals surface area contributed by atoms with Gasteiger partial charge in [-0.2, -0.15) is 13.2 Å². The molecule has 0 bridgehead atoms. The summed E-state index contributed by atoms with van der Waals surface area (Å²) in [5, 5.41) is 9.58. The van der Waals surface area contributed by atoms with Crippen molar-refractivity contribution in [1.82, 2.24) is 0 Å². The molecule has 2 atom stereocenters. The molecule has 0 aromatic heterocycles. The first-order valence-electron chi connectivity index (χ1n) is 8.17. The lowest BCUT2D eigenvalue weighted by molar-refractivity contribution is -0.137. The van der Waals surface area contributed by atoms with Crippen LogP contribution in [-0.2, 0) is 12.6 Å². The molecule has 2 aromatic carbocycles. The molecule has 2 unspecified atom stereocenters. The van der Waals surface area contributed by atoms with Gasteiger partial charge >= 0.3 is 12.1 Å². The zero-order valence-electron chi connectivity index (χ0n) is 14.4. The van der Waals surface area contributed by atoms with Crippen molar-refractivity contribution in [2.75, 3.05) is 0 Å². The minimum atomic E-state index is -4.63. The maximum Gasteiger partial charge on any atom is 0.416 e. The Bertz CT molecular complexity index is 961. The standard InChI is InChI=1S/C19H14ClF4NO2S/c1-9-17(11-2-3-14(18(26)27)15(20)7-11)28-16(25-9)6-10-4-12(19(22,23)24)8-13(21)5-10/h2-5,7-9,17H,6H2,1H3,(H,26,27). The number of benzene rings is 2. The minimum Gasteiger partial charge on any atom is -0.478 e. The third-order valence-electron chi connectivity index (χ3n) is 4.24. The van der Waals surface area contributed by atoms with Crippen LogP contribution in [0.5, 0.6) is 0 Å². The lowest BCUT2D eigenvalue weighted by Gasteiger charge is -2.15. The molecule has 0 amide bonds. The molecule has 0 radical (unpaired) electrons. The quantitative estimate of drug-likeness (QED) is 0.603. The van der Waals surface area contributed by atoms with E-state index < -0.39 is 23.5 Å². The van der Waals surface area contributed by atoms with Gasteiger partial charge in [-0.15, -0.1) is 11.8 Å². The molecule has 0 aliphatic carbocycles. The molecule has 1 aliphatic rings. The van der Waals surface area contributed by atoms with Crippen LogP contribution >= 0.6 is 23.4 Å². The van der Waals surface area contributed by atoms with Crippen LogP contribution in [0.15, 0.2) is 41.4 Å². The number of carboxylic acid groups (broad SMARTS) is 1. The Balaban J connectivity index is 1.79. The summed E-state index contributed by atoms with van der Waals surface area (Å²) in [6.45, 7) is 1.84. The highest BCUT2D eigenvalue weighted by Gasteiger charge is 2.32. The van der Waals surface area contributed by atoms with Crippen LogP contribution in [0.25, 0.3) is 0 Å². The number of rotatable bonds is 4. The van der Waals surface area contributed by atoms with Gasteiger partial charge in [-0.1, -0.05) is 17.7 Å². The molecule has 1 N–H and O–H groups in total. The largest absolute Gasteiger partial charge is 0.478 e. The summed E-state index contributed by atoms with van der Waals surface area (Å²) in [6.07, 6.45) is -4.55. The van der Waals surface area contributed by atoms with Crippen molar-refractivity contribution in [3.05, 3.63) is 69.5 Å². The van der Waals surface area contributed by atoms with Crippen LogP contribution < -0.4 is 0 Å². The summed E-state index contributed by atoms with van der Waals surface area (Å²) in [5.41, 5.74) is -0.0967. The zero-order valence-corrected chi connectivity index (χ0v) is 16.0. The predicted molar refractivity (Wildman–Crippen MR) is 101 cm³/mol.